The average molecular weight is 481 g/mol. The monoisotopic (exact) mass is 480 g/mol. The van der Waals surface area contributed by atoms with Crippen LogP contribution in [0.1, 0.15) is 50.2 Å². The maximum Gasteiger partial charge on any atom is 0.407 e. The zero-order chi connectivity index (χ0) is 24.9. The summed E-state index contributed by atoms with van der Waals surface area (Å²) in [7, 11) is 0. The van der Waals surface area contributed by atoms with Gasteiger partial charge in [-0.1, -0.05) is 62.4 Å². The smallest absolute Gasteiger partial charge is 0.407 e. The van der Waals surface area contributed by atoms with Gasteiger partial charge in [0, 0.05) is 12.5 Å². The highest BCUT2D eigenvalue weighted by Gasteiger charge is 2.37. The predicted octanol–water partition coefficient (Wildman–Crippen LogP) is 3.69. The minimum atomic E-state index is -1.09. The Hall–Kier alpha value is -3.39. The van der Waals surface area contributed by atoms with Crippen molar-refractivity contribution in [2.45, 2.75) is 57.2 Å². The lowest BCUT2D eigenvalue weighted by Gasteiger charge is -2.22. The molecule has 0 aromatic heterocycles. The molecule has 2 aromatic rings. The summed E-state index contributed by atoms with van der Waals surface area (Å²) in [6.45, 7) is 4.45. The summed E-state index contributed by atoms with van der Waals surface area (Å²) < 4.78 is 11.1. The molecule has 1 aliphatic carbocycles. The molecule has 2 aromatic carbocycles. The molecule has 3 unspecified atom stereocenters. The number of benzene rings is 2. The van der Waals surface area contributed by atoms with Gasteiger partial charge in [0.05, 0.1) is 6.04 Å². The lowest BCUT2D eigenvalue weighted by Crippen LogP contribution is -2.52. The Morgan fingerprint density at radius 3 is 2.26 bits per heavy atom. The van der Waals surface area contributed by atoms with E-state index >= 15 is 0 Å². The van der Waals surface area contributed by atoms with Crippen molar-refractivity contribution in [1.82, 2.24) is 10.6 Å². The van der Waals surface area contributed by atoms with Crippen LogP contribution in [0.2, 0.25) is 0 Å². The van der Waals surface area contributed by atoms with Crippen molar-refractivity contribution >= 4 is 18.0 Å². The van der Waals surface area contributed by atoms with E-state index in [-0.39, 0.29) is 19.1 Å². The van der Waals surface area contributed by atoms with Gasteiger partial charge < -0.3 is 25.2 Å². The summed E-state index contributed by atoms with van der Waals surface area (Å²) in [6, 6.07) is 14.6. The van der Waals surface area contributed by atoms with Crippen molar-refractivity contribution in [1.29, 1.82) is 0 Å². The van der Waals surface area contributed by atoms with Gasteiger partial charge in [-0.2, -0.15) is 0 Å². The number of amides is 2. The minimum Gasteiger partial charge on any atom is -0.480 e. The summed E-state index contributed by atoms with van der Waals surface area (Å²) in [6.07, 6.45) is -0.155. The normalized spacial score (nSPS) is 19.6. The third-order valence-electron chi connectivity index (χ3n) is 6.64. The van der Waals surface area contributed by atoms with Gasteiger partial charge in [-0.15, -0.1) is 0 Å². The summed E-state index contributed by atoms with van der Waals surface area (Å²) in [5.74, 6) is -1.37. The van der Waals surface area contributed by atoms with Crippen LogP contribution in [0.4, 0.5) is 4.79 Å². The number of alkyl carbamates (subject to hydrolysis) is 1. The van der Waals surface area contributed by atoms with E-state index in [0.717, 1.165) is 22.3 Å². The van der Waals surface area contributed by atoms with Crippen LogP contribution in [0.25, 0.3) is 11.1 Å². The number of hydrogen-bond acceptors (Lipinski definition) is 5. The number of aliphatic carboxylic acids is 1. The van der Waals surface area contributed by atoms with Crippen molar-refractivity contribution in [2.75, 3.05) is 13.2 Å². The molecule has 8 nitrogen and oxygen atoms in total. The molecule has 35 heavy (non-hydrogen) atoms. The van der Waals surface area contributed by atoms with Crippen LogP contribution in [0, 0.1) is 5.92 Å². The SMILES string of the molecule is CC(C)CCC(NC(=O)C1OCCC1NC(=O)OCC1c2ccccc2-c2ccccc21)C(=O)O. The van der Waals surface area contributed by atoms with Crippen molar-refractivity contribution in [3.63, 3.8) is 0 Å². The van der Waals surface area contributed by atoms with E-state index < -0.39 is 36.2 Å². The molecule has 1 saturated heterocycles. The molecule has 2 aliphatic rings. The molecule has 0 bridgehead atoms. The van der Waals surface area contributed by atoms with E-state index in [0.29, 0.717) is 25.2 Å². The fraction of sp³-hybridized carbons (Fsp3) is 0.444. The topological polar surface area (TPSA) is 114 Å². The molecule has 3 N–H and O–H groups in total. The average Bonchev–Trinajstić information content (AvgIpc) is 3.42. The van der Waals surface area contributed by atoms with Crippen molar-refractivity contribution in [3.8, 4) is 11.1 Å². The van der Waals surface area contributed by atoms with E-state index in [9.17, 15) is 19.5 Å². The van der Waals surface area contributed by atoms with E-state index in [1.54, 1.807) is 0 Å². The zero-order valence-electron chi connectivity index (χ0n) is 20.0. The van der Waals surface area contributed by atoms with Gasteiger partial charge >= 0.3 is 12.1 Å². The lowest BCUT2D eigenvalue weighted by atomic mass is 9.98. The maximum atomic E-state index is 12.7. The fourth-order valence-corrected chi connectivity index (χ4v) is 4.80. The Labute approximate surface area is 205 Å². The Morgan fingerprint density at radius 2 is 1.66 bits per heavy atom. The molecule has 0 spiro atoms. The third kappa shape index (κ3) is 5.65. The number of carboxylic acid groups (broad SMARTS) is 1. The van der Waals surface area contributed by atoms with Gasteiger partial charge in [0.2, 0.25) is 0 Å². The molecular formula is C27H32N2O6. The van der Waals surface area contributed by atoms with Crippen LogP contribution in [-0.4, -0.2) is 54.5 Å². The molecule has 2 amide bonds. The standard InChI is InChI=1S/C27H32N2O6/c1-16(2)11-12-23(26(31)32)28-25(30)24-22(13-14-34-24)29-27(33)35-15-21-19-9-5-3-7-17(19)18-8-4-6-10-20(18)21/h3-10,16,21-24H,11-15H2,1-2H3,(H,28,30)(H,29,33)(H,31,32). The van der Waals surface area contributed by atoms with Crippen LogP contribution in [0.5, 0.6) is 0 Å². The number of nitrogens with one attached hydrogen (secondary N) is 2. The highest BCUT2D eigenvalue weighted by Crippen LogP contribution is 2.44. The Kier molecular flexibility index (Phi) is 7.70. The van der Waals surface area contributed by atoms with Crippen LogP contribution >= 0.6 is 0 Å². The molecular weight excluding hydrogens is 448 g/mol. The summed E-state index contributed by atoms with van der Waals surface area (Å²) in [5.41, 5.74) is 4.51. The third-order valence-corrected chi connectivity index (χ3v) is 6.64. The van der Waals surface area contributed by atoms with Crippen LogP contribution in [0.3, 0.4) is 0 Å². The number of rotatable bonds is 9. The second-order valence-corrected chi connectivity index (χ2v) is 9.53. The first kappa shape index (κ1) is 24.7. The molecule has 186 valence electrons. The fourth-order valence-electron chi connectivity index (χ4n) is 4.80. The predicted molar refractivity (Wildman–Crippen MR) is 130 cm³/mol. The van der Waals surface area contributed by atoms with Gasteiger partial charge in [-0.3, -0.25) is 4.79 Å². The number of carbonyl (C=O) groups excluding carboxylic acids is 2. The number of carbonyl (C=O) groups is 3. The van der Waals surface area contributed by atoms with Gasteiger partial charge in [-0.25, -0.2) is 9.59 Å². The Bertz CT molecular complexity index is 1040. The second-order valence-electron chi connectivity index (χ2n) is 9.53. The summed E-state index contributed by atoms with van der Waals surface area (Å²) in [4.78, 5) is 37.0. The first-order valence-corrected chi connectivity index (χ1v) is 12.1. The molecule has 1 heterocycles. The van der Waals surface area contributed by atoms with E-state index in [1.807, 2.05) is 50.2 Å². The molecule has 8 heteroatoms. The first-order chi connectivity index (χ1) is 16.8. The molecule has 1 fully saturated rings. The van der Waals surface area contributed by atoms with Crippen LogP contribution in [0.15, 0.2) is 48.5 Å². The van der Waals surface area contributed by atoms with Crippen molar-refractivity contribution in [2.24, 2.45) is 5.92 Å². The van der Waals surface area contributed by atoms with Gasteiger partial charge in [0.25, 0.3) is 5.91 Å². The highest BCUT2D eigenvalue weighted by molar-refractivity contribution is 5.87. The number of ether oxygens (including phenoxy) is 2. The molecule has 0 radical (unpaired) electrons. The molecule has 3 atom stereocenters. The van der Waals surface area contributed by atoms with Crippen molar-refractivity contribution < 1.29 is 29.0 Å². The first-order valence-electron chi connectivity index (χ1n) is 12.1. The largest absolute Gasteiger partial charge is 0.480 e. The van der Waals surface area contributed by atoms with Crippen molar-refractivity contribution in [3.05, 3.63) is 59.7 Å². The molecule has 4 rings (SSSR count). The highest BCUT2D eigenvalue weighted by atomic mass is 16.6. The molecule has 0 saturated carbocycles. The minimum absolute atomic E-state index is 0.0654. The Morgan fingerprint density at radius 1 is 1.03 bits per heavy atom. The summed E-state index contributed by atoms with van der Waals surface area (Å²) in [5, 5.41) is 14.8. The second kappa shape index (κ2) is 10.9. The summed E-state index contributed by atoms with van der Waals surface area (Å²) >= 11 is 0. The van der Waals surface area contributed by atoms with Gasteiger partial charge in [0.15, 0.2) is 6.10 Å². The van der Waals surface area contributed by atoms with E-state index in [1.165, 1.54) is 0 Å². The van der Waals surface area contributed by atoms with E-state index in [4.69, 9.17) is 9.47 Å². The maximum absolute atomic E-state index is 12.7. The van der Waals surface area contributed by atoms with E-state index in [2.05, 4.69) is 22.8 Å². The number of fused-ring (bicyclic) bond motifs is 3. The Balaban J connectivity index is 1.34. The van der Waals surface area contributed by atoms with Crippen LogP contribution in [-0.2, 0) is 19.1 Å². The number of hydrogen-bond donors (Lipinski definition) is 3. The molecule has 1 aliphatic heterocycles. The zero-order valence-corrected chi connectivity index (χ0v) is 20.0. The van der Waals surface area contributed by atoms with Gasteiger partial charge in [0.1, 0.15) is 12.6 Å². The van der Waals surface area contributed by atoms with Crippen LogP contribution < -0.4 is 10.6 Å². The number of carboxylic acids is 1. The van der Waals surface area contributed by atoms with Gasteiger partial charge in [-0.05, 0) is 47.4 Å². The lowest BCUT2D eigenvalue weighted by molar-refractivity contribution is -0.144. The quantitative estimate of drug-likeness (QED) is 0.504.